The number of anilines is 1. The second-order valence-corrected chi connectivity index (χ2v) is 7.05. The lowest BCUT2D eigenvalue weighted by atomic mass is 10.2. The summed E-state index contributed by atoms with van der Waals surface area (Å²) >= 11 is 0. The number of carbonyl (C=O) groups is 1. The highest BCUT2D eigenvalue weighted by molar-refractivity contribution is 5.80. The first kappa shape index (κ1) is 21.0. The molecule has 160 valence electrons. The average molecular weight is 426 g/mol. The normalized spacial score (nSPS) is 11.4. The third-order valence-electron chi connectivity index (χ3n) is 4.61. The molecule has 4 aromatic rings. The molecule has 2 heterocycles. The van der Waals surface area contributed by atoms with E-state index in [1.807, 2.05) is 54.6 Å². The van der Waals surface area contributed by atoms with E-state index in [2.05, 4.69) is 20.3 Å². The fraction of sp³-hybridized carbons (Fsp3) is 0.120. The van der Waals surface area contributed by atoms with Crippen molar-refractivity contribution in [1.29, 1.82) is 0 Å². The van der Waals surface area contributed by atoms with Crippen molar-refractivity contribution in [2.24, 2.45) is 0 Å². The fourth-order valence-electron chi connectivity index (χ4n) is 2.92. The van der Waals surface area contributed by atoms with E-state index in [0.29, 0.717) is 29.7 Å². The molecular formula is C25H22N4O3. The Morgan fingerprint density at radius 3 is 2.41 bits per heavy atom. The van der Waals surface area contributed by atoms with E-state index in [9.17, 15) is 4.79 Å². The first-order chi connectivity index (χ1) is 15.7. The second kappa shape index (κ2) is 10.2. The van der Waals surface area contributed by atoms with Crippen molar-refractivity contribution in [2.45, 2.75) is 19.6 Å². The fourth-order valence-corrected chi connectivity index (χ4v) is 2.92. The van der Waals surface area contributed by atoms with Crippen molar-refractivity contribution in [3.05, 3.63) is 97.0 Å². The van der Waals surface area contributed by atoms with Gasteiger partial charge in [-0.25, -0.2) is 19.7 Å². The molecule has 0 bridgehead atoms. The Kier molecular flexibility index (Phi) is 6.67. The number of aromatic nitrogens is 3. The Morgan fingerprint density at radius 2 is 1.69 bits per heavy atom. The summed E-state index contributed by atoms with van der Waals surface area (Å²) in [4.78, 5) is 25.2. The lowest BCUT2D eigenvalue weighted by Crippen LogP contribution is -2.30. The number of pyridine rings is 1. The number of benzene rings is 2. The van der Waals surface area contributed by atoms with Crippen molar-refractivity contribution in [3.63, 3.8) is 0 Å². The predicted octanol–water partition coefficient (Wildman–Crippen LogP) is 4.52. The molecule has 0 aliphatic rings. The topological polar surface area (TPSA) is 86.2 Å². The number of hydrogen-bond acceptors (Lipinski definition) is 7. The van der Waals surface area contributed by atoms with Gasteiger partial charge >= 0.3 is 5.97 Å². The SMILES string of the molecule is C[C@H](Nc1cc(-c2ccc(OCc3ccccc3)nc2)ncn1)C(=O)Oc1ccccc1. The van der Waals surface area contributed by atoms with Crippen LogP contribution in [0, 0.1) is 0 Å². The maximum absolute atomic E-state index is 12.3. The van der Waals surface area contributed by atoms with Gasteiger partial charge in [0.1, 0.15) is 30.5 Å². The standard InChI is InChI=1S/C25H22N4O3/c1-18(25(30)32-21-10-6-3-7-11-21)29-23-14-22(27-17-28-23)20-12-13-24(26-15-20)31-16-19-8-4-2-5-9-19/h2-15,17-18H,16H2,1H3,(H,27,28,29)/t18-/m0/s1. The van der Waals surface area contributed by atoms with Gasteiger partial charge in [0.05, 0.1) is 5.69 Å². The Morgan fingerprint density at radius 1 is 0.938 bits per heavy atom. The molecule has 1 atom stereocenters. The first-order valence-corrected chi connectivity index (χ1v) is 10.2. The molecule has 0 radical (unpaired) electrons. The molecule has 2 aromatic heterocycles. The zero-order chi connectivity index (χ0) is 22.2. The highest BCUT2D eigenvalue weighted by Gasteiger charge is 2.16. The maximum atomic E-state index is 12.3. The van der Waals surface area contributed by atoms with Crippen LogP contribution in [0.25, 0.3) is 11.3 Å². The van der Waals surface area contributed by atoms with Gasteiger partial charge in [-0.1, -0.05) is 48.5 Å². The molecule has 0 unspecified atom stereocenters. The van der Waals surface area contributed by atoms with Gasteiger partial charge in [-0.2, -0.15) is 0 Å². The molecule has 7 heteroatoms. The molecule has 32 heavy (non-hydrogen) atoms. The van der Waals surface area contributed by atoms with Crippen molar-refractivity contribution in [1.82, 2.24) is 15.0 Å². The predicted molar refractivity (Wildman–Crippen MR) is 121 cm³/mol. The van der Waals surface area contributed by atoms with Gasteiger partial charge < -0.3 is 14.8 Å². The van der Waals surface area contributed by atoms with E-state index in [1.165, 1.54) is 6.33 Å². The quantitative estimate of drug-likeness (QED) is 0.327. The number of rotatable bonds is 8. The van der Waals surface area contributed by atoms with Crippen molar-refractivity contribution >= 4 is 11.8 Å². The van der Waals surface area contributed by atoms with Gasteiger partial charge in [-0.05, 0) is 30.7 Å². The highest BCUT2D eigenvalue weighted by atomic mass is 16.5. The largest absolute Gasteiger partial charge is 0.473 e. The molecule has 0 saturated heterocycles. The number of nitrogens with one attached hydrogen (secondary N) is 1. The van der Waals surface area contributed by atoms with E-state index in [1.54, 1.807) is 37.4 Å². The lowest BCUT2D eigenvalue weighted by molar-refractivity contribution is -0.134. The second-order valence-electron chi connectivity index (χ2n) is 7.05. The van der Waals surface area contributed by atoms with E-state index in [0.717, 1.165) is 11.1 Å². The number of carbonyl (C=O) groups excluding carboxylic acids is 1. The minimum absolute atomic E-state index is 0.405. The van der Waals surface area contributed by atoms with Crippen LogP contribution in [0.4, 0.5) is 5.82 Å². The molecule has 0 spiro atoms. The molecule has 4 rings (SSSR count). The Hall–Kier alpha value is -4.26. The summed E-state index contributed by atoms with van der Waals surface area (Å²) in [7, 11) is 0. The van der Waals surface area contributed by atoms with Gasteiger partial charge in [-0.3, -0.25) is 0 Å². The molecule has 1 N–H and O–H groups in total. The molecule has 0 amide bonds. The number of para-hydroxylation sites is 1. The lowest BCUT2D eigenvalue weighted by Gasteiger charge is -2.14. The first-order valence-electron chi connectivity index (χ1n) is 10.2. The van der Waals surface area contributed by atoms with Crippen LogP contribution in [0.3, 0.4) is 0 Å². The van der Waals surface area contributed by atoms with Crippen molar-refractivity contribution < 1.29 is 14.3 Å². The molecule has 0 fully saturated rings. The molecule has 0 saturated carbocycles. The number of hydrogen-bond donors (Lipinski definition) is 1. The summed E-state index contributed by atoms with van der Waals surface area (Å²) in [6.45, 7) is 2.17. The zero-order valence-corrected chi connectivity index (χ0v) is 17.5. The Bertz CT molecular complexity index is 1150. The van der Waals surface area contributed by atoms with Crippen LogP contribution in [0.15, 0.2) is 91.4 Å². The summed E-state index contributed by atoms with van der Waals surface area (Å²) in [6.07, 6.45) is 3.13. The van der Waals surface area contributed by atoms with Crippen LogP contribution in [0.2, 0.25) is 0 Å². The maximum Gasteiger partial charge on any atom is 0.333 e. The Balaban J connectivity index is 1.37. The van der Waals surface area contributed by atoms with Crippen molar-refractivity contribution in [2.75, 3.05) is 5.32 Å². The average Bonchev–Trinajstić information content (AvgIpc) is 2.84. The molecule has 2 aromatic carbocycles. The smallest absolute Gasteiger partial charge is 0.333 e. The Labute approximate surface area is 186 Å². The van der Waals surface area contributed by atoms with Crippen molar-refractivity contribution in [3.8, 4) is 22.9 Å². The van der Waals surface area contributed by atoms with Crippen LogP contribution in [0.1, 0.15) is 12.5 Å². The van der Waals surface area contributed by atoms with Gasteiger partial charge in [0, 0.05) is 23.9 Å². The van der Waals surface area contributed by atoms with E-state index < -0.39 is 12.0 Å². The van der Waals surface area contributed by atoms with E-state index >= 15 is 0 Å². The van der Waals surface area contributed by atoms with Crippen LogP contribution in [-0.2, 0) is 11.4 Å². The number of nitrogens with zero attached hydrogens (tertiary/aromatic N) is 3. The van der Waals surface area contributed by atoms with Gasteiger partial charge in [-0.15, -0.1) is 0 Å². The van der Waals surface area contributed by atoms with Crippen LogP contribution < -0.4 is 14.8 Å². The van der Waals surface area contributed by atoms with Crippen LogP contribution in [0.5, 0.6) is 11.6 Å². The van der Waals surface area contributed by atoms with Crippen LogP contribution in [-0.4, -0.2) is 27.0 Å². The number of esters is 1. The summed E-state index contributed by atoms with van der Waals surface area (Å²) in [5, 5.41) is 3.05. The van der Waals surface area contributed by atoms with Crippen LogP contribution >= 0.6 is 0 Å². The third-order valence-corrected chi connectivity index (χ3v) is 4.61. The molecule has 7 nitrogen and oxygen atoms in total. The minimum atomic E-state index is -0.593. The third kappa shape index (κ3) is 5.66. The summed E-state index contributed by atoms with van der Waals surface area (Å²) in [5.74, 6) is 1.13. The van der Waals surface area contributed by atoms with E-state index in [4.69, 9.17) is 9.47 Å². The van der Waals surface area contributed by atoms with E-state index in [-0.39, 0.29) is 0 Å². The summed E-state index contributed by atoms with van der Waals surface area (Å²) < 4.78 is 11.1. The number of ether oxygens (including phenoxy) is 2. The molecular weight excluding hydrogens is 404 g/mol. The monoisotopic (exact) mass is 426 g/mol. The molecule has 0 aliphatic heterocycles. The summed E-state index contributed by atoms with van der Waals surface area (Å²) in [5.41, 5.74) is 2.56. The van der Waals surface area contributed by atoms with Gasteiger partial charge in [0.25, 0.3) is 0 Å². The minimum Gasteiger partial charge on any atom is -0.473 e. The zero-order valence-electron chi connectivity index (χ0n) is 17.5. The van der Waals surface area contributed by atoms with Gasteiger partial charge in [0.15, 0.2) is 0 Å². The summed E-state index contributed by atoms with van der Waals surface area (Å²) in [6, 6.07) is 23.7. The molecule has 0 aliphatic carbocycles. The van der Waals surface area contributed by atoms with Gasteiger partial charge in [0.2, 0.25) is 5.88 Å². The highest BCUT2D eigenvalue weighted by Crippen LogP contribution is 2.21.